The first-order chi connectivity index (χ1) is 9.63. The smallest absolute Gasteiger partial charge is 0.255 e. The van der Waals surface area contributed by atoms with Gasteiger partial charge in [-0.2, -0.15) is 0 Å². The number of aromatic hydroxyl groups is 1. The number of hydrogen-bond donors (Lipinski definition) is 2. The average Bonchev–Trinajstić information content (AvgIpc) is 2.89. The molecule has 2 aromatic carbocycles. The summed E-state index contributed by atoms with van der Waals surface area (Å²) in [6, 6.07) is 10.3. The van der Waals surface area contributed by atoms with Gasteiger partial charge in [0.05, 0.1) is 10.7 Å². The van der Waals surface area contributed by atoms with Crippen molar-refractivity contribution in [2.24, 2.45) is 0 Å². The van der Waals surface area contributed by atoms with Crippen LogP contribution in [-0.2, 0) is 12.8 Å². The van der Waals surface area contributed by atoms with Gasteiger partial charge in [0.25, 0.3) is 5.91 Å². The highest BCUT2D eigenvalue weighted by Gasteiger charge is 2.14. The Morgan fingerprint density at radius 3 is 2.70 bits per heavy atom. The fourth-order valence-corrected chi connectivity index (χ4v) is 2.73. The topological polar surface area (TPSA) is 49.3 Å². The molecule has 3 nitrogen and oxygen atoms in total. The Morgan fingerprint density at radius 2 is 1.90 bits per heavy atom. The molecule has 0 radical (unpaired) electrons. The van der Waals surface area contributed by atoms with Crippen LogP contribution in [0.1, 0.15) is 27.9 Å². The molecule has 1 aliphatic carbocycles. The number of phenols is 1. The van der Waals surface area contributed by atoms with E-state index in [1.54, 1.807) is 6.07 Å². The summed E-state index contributed by atoms with van der Waals surface area (Å²) in [5.41, 5.74) is 3.73. The van der Waals surface area contributed by atoms with Crippen LogP contribution in [0.2, 0.25) is 5.02 Å². The maximum absolute atomic E-state index is 12.2. The number of hydrogen-bond acceptors (Lipinski definition) is 2. The van der Waals surface area contributed by atoms with Crippen molar-refractivity contribution in [1.29, 1.82) is 0 Å². The maximum atomic E-state index is 12.2. The van der Waals surface area contributed by atoms with Crippen LogP contribution in [0.5, 0.6) is 5.75 Å². The van der Waals surface area contributed by atoms with Gasteiger partial charge in [-0.1, -0.05) is 17.7 Å². The van der Waals surface area contributed by atoms with E-state index in [1.807, 2.05) is 18.2 Å². The van der Waals surface area contributed by atoms with Crippen LogP contribution in [0.4, 0.5) is 5.69 Å². The number of carbonyl (C=O) groups is 1. The second-order valence-electron chi connectivity index (χ2n) is 4.96. The fourth-order valence-electron chi connectivity index (χ4n) is 2.51. The summed E-state index contributed by atoms with van der Waals surface area (Å²) in [6.45, 7) is 0. The Kier molecular flexibility index (Phi) is 3.36. The predicted molar refractivity (Wildman–Crippen MR) is 79.5 cm³/mol. The number of carbonyl (C=O) groups excluding carboxylic acids is 1. The molecule has 1 aliphatic rings. The minimum atomic E-state index is -0.188. The first-order valence-corrected chi connectivity index (χ1v) is 6.93. The zero-order chi connectivity index (χ0) is 14.1. The minimum absolute atomic E-state index is 0.0746. The molecular weight excluding hydrogens is 274 g/mol. The minimum Gasteiger partial charge on any atom is -0.508 e. The van der Waals surface area contributed by atoms with Gasteiger partial charge >= 0.3 is 0 Å². The molecule has 0 spiro atoms. The van der Waals surface area contributed by atoms with Crippen molar-refractivity contribution in [1.82, 2.24) is 0 Å². The highest BCUT2D eigenvalue weighted by atomic mass is 35.5. The Morgan fingerprint density at radius 1 is 1.10 bits per heavy atom. The van der Waals surface area contributed by atoms with Crippen molar-refractivity contribution >= 4 is 23.2 Å². The van der Waals surface area contributed by atoms with Crippen LogP contribution >= 0.6 is 11.6 Å². The summed E-state index contributed by atoms with van der Waals surface area (Å²) in [4.78, 5) is 12.2. The van der Waals surface area contributed by atoms with Crippen molar-refractivity contribution in [2.75, 3.05) is 5.32 Å². The van der Waals surface area contributed by atoms with Crippen LogP contribution in [0, 0.1) is 0 Å². The largest absolute Gasteiger partial charge is 0.508 e. The van der Waals surface area contributed by atoms with Crippen molar-refractivity contribution in [3.63, 3.8) is 0 Å². The molecule has 3 rings (SSSR count). The predicted octanol–water partition coefficient (Wildman–Crippen LogP) is 3.79. The molecule has 0 fully saturated rings. The van der Waals surface area contributed by atoms with Crippen LogP contribution in [0.3, 0.4) is 0 Å². The summed E-state index contributed by atoms with van der Waals surface area (Å²) in [7, 11) is 0. The van der Waals surface area contributed by atoms with E-state index >= 15 is 0 Å². The van der Waals surface area contributed by atoms with Crippen LogP contribution in [0.25, 0.3) is 0 Å². The Hall–Kier alpha value is -2.00. The summed E-state index contributed by atoms with van der Waals surface area (Å²) in [5, 5.41) is 12.4. The molecule has 102 valence electrons. The maximum Gasteiger partial charge on any atom is 0.255 e. The molecule has 0 aromatic heterocycles. The number of anilines is 1. The molecule has 0 unspecified atom stereocenters. The van der Waals surface area contributed by atoms with Gasteiger partial charge in [0.1, 0.15) is 5.75 Å². The van der Waals surface area contributed by atoms with Gasteiger partial charge in [0, 0.05) is 11.6 Å². The van der Waals surface area contributed by atoms with E-state index in [0.29, 0.717) is 16.3 Å². The first kappa shape index (κ1) is 13.0. The second kappa shape index (κ2) is 5.17. The lowest BCUT2D eigenvalue weighted by molar-refractivity contribution is 0.102. The van der Waals surface area contributed by atoms with Crippen molar-refractivity contribution in [2.45, 2.75) is 19.3 Å². The van der Waals surface area contributed by atoms with Crippen LogP contribution < -0.4 is 5.32 Å². The molecule has 0 bridgehead atoms. The van der Waals surface area contributed by atoms with E-state index in [2.05, 4.69) is 5.32 Å². The molecule has 0 saturated heterocycles. The number of benzene rings is 2. The van der Waals surface area contributed by atoms with E-state index in [4.69, 9.17) is 11.6 Å². The van der Waals surface area contributed by atoms with E-state index in [1.165, 1.54) is 23.3 Å². The van der Waals surface area contributed by atoms with Crippen LogP contribution in [-0.4, -0.2) is 11.0 Å². The third-order valence-corrected chi connectivity index (χ3v) is 3.87. The van der Waals surface area contributed by atoms with E-state index < -0.39 is 0 Å². The number of nitrogens with one attached hydrogen (secondary N) is 1. The molecule has 4 heteroatoms. The zero-order valence-electron chi connectivity index (χ0n) is 10.8. The van der Waals surface area contributed by atoms with E-state index in [9.17, 15) is 9.90 Å². The van der Waals surface area contributed by atoms with Crippen LogP contribution in [0.15, 0.2) is 36.4 Å². The molecule has 0 aliphatic heterocycles. The van der Waals surface area contributed by atoms with Crippen molar-refractivity contribution in [3.8, 4) is 5.75 Å². The van der Waals surface area contributed by atoms with Gasteiger partial charge in [-0.25, -0.2) is 0 Å². The second-order valence-corrected chi connectivity index (χ2v) is 5.36. The molecule has 0 saturated carbocycles. The summed E-state index contributed by atoms with van der Waals surface area (Å²) in [6.07, 6.45) is 3.29. The van der Waals surface area contributed by atoms with Crippen molar-refractivity contribution < 1.29 is 9.90 Å². The molecule has 0 heterocycles. The Labute approximate surface area is 122 Å². The van der Waals surface area contributed by atoms with Crippen molar-refractivity contribution in [3.05, 3.63) is 58.1 Å². The molecule has 1 amide bonds. The molecular formula is C16H14ClNO2. The average molecular weight is 288 g/mol. The molecule has 20 heavy (non-hydrogen) atoms. The van der Waals surface area contributed by atoms with Gasteiger partial charge in [-0.15, -0.1) is 0 Å². The zero-order valence-corrected chi connectivity index (χ0v) is 11.6. The molecule has 2 aromatic rings. The Balaban J connectivity index is 1.82. The van der Waals surface area contributed by atoms with E-state index in [-0.39, 0.29) is 11.7 Å². The van der Waals surface area contributed by atoms with E-state index in [0.717, 1.165) is 19.3 Å². The number of aryl methyl sites for hydroxylation is 2. The van der Waals surface area contributed by atoms with Gasteiger partial charge in [-0.05, 0) is 54.7 Å². The fraction of sp³-hybridized carbons (Fsp3) is 0.188. The normalized spacial score (nSPS) is 13.1. The summed E-state index contributed by atoms with van der Waals surface area (Å²) in [5.74, 6) is -0.113. The highest BCUT2D eigenvalue weighted by molar-refractivity contribution is 6.34. The molecule has 2 N–H and O–H groups in total. The third-order valence-electron chi connectivity index (χ3n) is 3.56. The number of fused-ring (bicyclic) bond motifs is 1. The third kappa shape index (κ3) is 2.49. The standard InChI is InChI=1S/C16H14ClNO2/c17-14-9-13(19)6-7-15(14)18-16(20)12-5-4-10-2-1-3-11(10)8-12/h4-9,19H,1-3H2,(H,18,20). The quantitative estimate of drug-likeness (QED) is 0.826. The van der Waals surface area contributed by atoms with Gasteiger partial charge < -0.3 is 10.4 Å². The highest BCUT2D eigenvalue weighted by Crippen LogP contribution is 2.27. The van der Waals surface area contributed by atoms with Gasteiger partial charge in [-0.3, -0.25) is 4.79 Å². The summed E-state index contributed by atoms with van der Waals surface area (Å²) >= 11 is 5.98. The Bertz CT molecular complexity index is 682. The first-order valence-electron chi connectivity index (χ1n) is 6.55. The number of amides is 1. The lowest BCUT2D eigenvalue weighted by atomic mass is 10.1. The lowest BCUT2D eigenvalue weighted by Gasteiger charge is -2.09. The molecule has 0 atom stereocenters. The van der Waals surface area contributed by atoms with Gasteiger partial charge in [0.15, 0.2) is 0 Å². The summed E-state index contributed by atoms with van der Waals surface area (Å²) < 4.78 is 0. The lowest BCUT2D eigenvalue weighted by Crippen LogP contribution is -2.12. The van der Waals surface area contributed by atoms with Gasteiger partial charge in [0.2, 0.25) is 0 Å². The monoisotopic (exact) mass is 287 g/mol. The number of phenolic OH excluding ortho intramolecular Hbond substituents is 1. The number of rotatable bonds is 2. The number of halogens is 1. The SMILES string of the molecule is O=C(Nc1ccc(O)cc1Cl)c1ccc2c(c1)CCC2.